The van der Waals surface area contributed by atoms with Gasteiger partial charge in [-0.1, -0.05) is 6.07 Å². The van der Waals surface area contributed by atoms with Crippen molar-refractivity contribution in [2.45, 2.75) is 69.4 Å². The number of hydrogen-bond donors (Lipinski definition) is 3. The van der Waals surface area contributed by atoms with Crippen LogP contribution in [-0.2, 0) is 23.1 Å². The van der Waals surface area contributed by atoms with Gasteiger partial charge in [0.2, 0.25) is 5.91 Å². The number of benzene rings is 1. The predicted molar refractivity (Wildman–Crippen MR) is 142 cm³/mol. The lowest BCUT2D eigenvalue weighted by Crippen LogP contribution is -2.58. The van der Waals surface area contributed by atoms with Crippen LogP contribution in [0, 0.1) is 24.7 Å². The molecule has 4 N–H and O–H groups in total. The van der Waals surface area contributed by atoms with Crippen LogP contribution in [0.5, 0.6) is 5.75 Å². The van der Waals surface area contributed by atoms with Gasteiger partial charge in [-0.3, -0.25) is 19.3 Å². The Bertz CT molecular complexity index is 1400. The maximum absolute atomic E-state index is 13.4. The van der Waals surface area contributed by atoms with E-state index in [-0.39, 0.29) is 16.7 Å². The van der Waals surface area contributed by atoms with E-state index < -0.39 is 23.4 Å². The van der Waals surface area contributed by atoms with Crippen LogP contribution in [-0.4, -0.2) is 63.4 Å². The number of aromatic amines is 1. The number of fused-ring (bicyclic) bond motifs is 4. The smallest absolute Gasteiger partial charge is 0.261 e. The Morgan fingerprint density at radius 3 is 2.79 bits per heavy atom. The summed E-state index contributed by atoms with van der Waals surface area (Å²) in [7, 11) is 0. The summed E-state index contributed by atoms with van der Waals surface area (Å²) in [5.41, 5.74) is 9.38. The molecule has 2 aliphatic heterocycles. The summed E-state index contributed by atoms with van der Waals surface area (Å²) in [5.74, 6) is 1.12. The second kappa shape index (κ2) is 8.43. The van der Waals surface area contributed by atoms with Crippen LogP contribution in [0.2, 0.25) is 0 Å². The molecule has 2 saturated carbocycles. The number of primary amides is 1. The normalized spacial score (nSPS) is 31.9. The number of carbonyl (C=O) groups excluding carboxylic acids is 2. The highest BCUT2D eigenvalue weighted by Crippen LogP contribution is 2.60. The number of amides is 2. The molecule has 3 heterocycles. The zero-order valence-electron chi connectivity index (χ0n) is 21.9. The van der Waals surface area contributed by atoms with E-state index in [0.29, 0.717) is 43.7 Å². The second-order valence-electron chi connectivity index (χ2n) is 12.6. The minimum atomic E-state index is -0.652. The van der Waals surface area contributed by atoms with Crippen molar-refractivity contribution in [1.29, 1.82) is 0 Å². The number of pyridine rings is 1. The maximum Gasteiger partial charge on any atom is 0.261 e. The summed E-state index contributed by atoms with van der Waals surface area (Å²) in [6, 6.07) is 7.32. The molecule has 1 aromatic heterocycles. The average Bonchev–Trinajstić information content (AvgIpc) is 3.48. The molecule has 8 heteroatoms. The minimum absolute atomic E-state index is 0.107. The first kappa shape index (κ1) is 23.9. The zero-order chi connectivity index (χ0) is 26.3. The number of aryl methyl sites for hydroxylation is 1. The van der Waals surface area contributed by atoms with Gasteiger partial charge in [-0.25, -0.2) is 0 Å². The third kappa shape index (κ3) is 3.56. The number of nitrogens with zero attached hydrogens (tertiary/aromatic N) is 2. The number of H-pyrrole nitrogens is 1. The standard InChI is InChI=1S/C30H36N4O4/c1-16-4-7-20(35)11-22(16)30-12-19-15-33(14-17-5-6-17)26(19)23(30)10-18-9-21(28(37)32-24(18)13-30)29(38)34-8-2-3-25(34)27(31)36/h4,7,9,11,17,19,23,25-26,35H,2-3,5-6,8,10,12-15H2,1H3,(H2,31,36)(H,32,37)/t19?,23-,25-,26+,30+/m0/s1. The van der Waals surface area contributed by atoms with Crippen molar-refractivity contribution in [2.24, 2.45) is 23.5 Å². The molecule has 8 nitrogen and oxygen atoms in total. The Kier molecular flexibility index (Phi) is 5.32. The van der Waals surface area contributed by atoms with E-state index >= 15 is 0 Å². The summed E-state index contributed by atoms with van der Waals surface area (Å²) in [6.45, 7) is 4.84. The van der Waals surface area contributed by atoms with Crippen molar-refractivity contribution in [3.63, 3.8) is 0 Å². The molecule has 38 heavy (non-hydrogen) atoms. The van der Waals surface area contributed by atoms with Crippen molar-refractivity contribution in [2.75, 3.05) is 19.6 Å². The van der Waals surface area contributed by atoms with Gasteiger partial charge in [0.1, 0.15) is 17.4 Å². The van der Waals surface area contributed by atoms with Crippen LogP contribution >= 0.6 is 0 Å². The molecule has 2 aromatic rings. The van der Waals surface area contributed by atoms with Crippen molar-refractivity contribution < 1.29 is 14.7 Å². The summed E-state index contributed by atoms with van der Waals surface area (Å²) < 4.78 is 0. The molecule has 200 valence electrons. The predicted octanol–water partition coefficient (Wildman–Crippen LogP) is 2.25. The highest BCUT2D eigenvalue weighted by Gasteiger charge is 2.62. The monoisotopic (exact) mass is 516 g/mol. The SMILES string of the molecule is Cc1ccc(O)cc1[C@@]12Cc3[nH]c(=O)c(C(=O)N4CCC[C@H]4C(N)=O)cc3C[C@H]1[C@H]1C(CN1CC1CC1)C2. The molecule has 5 aliphatic rings. The Labute approximate surface area is 222 Å². The lowest BCUT2D eigenvalue weighted by atomic mass is 9.62. The summed E-state index contributed by atoms with van der Waals surface area (Å²) >= 11 is 0. The molecule has 0 spiro atoms. The third-order valence-electron chi connectivity index (χ3n) is 10.3. The Morgan fingerprint density at radius 2 is 2.03 bits per heavy atom. The van der Waals surface area contributed by atoms with Gasteiger partial charge in [0, 0.05) is 36.8 Å². The fourth-order valence-corrected chi connectivity index (χ4v) is 8.43. The van der Waals surface area contributed by atoms with E-state index in [2.05, 4.69) is 16.8 Å². The number of phenols is 1. The molecule has 0 radical (unpaired) electrons. The molecule has 3 aliphatic carbocycles. The van der Waals surface area contributed by atoms with E-state index in [1.165, 1.54) is 35.4 Å². The van der Waals surface area contributed by atoms with E-state index in [0.717, 1.165) is 36.6 Å². The number of aromatic hydroxyl groups is 1. The molecule has 2 amide bonds. The number of nitrogens with two attached hydrogens (primary N) is 1. The van der Waals surface area contributed by atoms with Crippen molar-refractivity contribution in [3.8, 4) is 5.75 Å². The highest BCUT2D eigenvalue weighted by atomic mass is 16.3. The van der Waals surface area contributed by atoms with Gasteiger partial charge in [0.25, 0.3) is 11.5 Å². The second-order valence-corrected chi connectivity index (χ2v) is 12.6. The van der Waals surface area contributed by atoms with Crippen LogP contribution < -0.4 is 11.3 Å². The number of phenolic OH excluding ortho intramolecular Hbond substituents is 1. The quantitative estimate of drug-likeness (QED) is 0.563. The highest BCUT2D eigenvalue weighted by molar-refractivity contribution is 5.97. The first-order valence-electron chi connectivity index (χ1n) is 14.1. The number of aromatic nitrogens is 1. The largest absolute Gasteiger partial charge is 0.508 e. The van der Waals surface area contributed by atoms with E-state index in [1.807, 2.05) is 12.1 Å². The topological polar surface area (TPSA) is 120 Å². The average molecular weight is 517 g/mol. The summed E-state index contributed by atoms with van der Waals surface area (Å²) in [5, 5.41) is 10.5. The number of nitrogens with one attached hydrogen (secondary N) is 1. The number of likely N-dealkylation sites (tertiary alicyclic amines) is 2. The van der Waals surface area contributed by atoms with Gasteiger partial charge >= 0.3 is 0 Å². The number of hydrogen-bond acceptors (Lipinski definition) is 5. The Hall–Kier alpha value is -3.13. The fraction of sp³-hybridized carbons (Fsp3) is 0.567. The lowest BCUT2D eigenvalue weighted by molar-refractivity contribution is -0.121. The van der Waals surface area contributed by atoms with Crippen molar-refractivity contribution in [1.82, 2.24) is 14.8 Å². The van der Waals surface area contributed by atoms with Crippen molar-refractivity contribution >= 4 is 11.8 Å². The third-order valence-corrected chi connectivity index (χ3v) is 10.3. The van der Waals surface area contributed by atoms with Gasteiger partial charge in [-0.2, -0.15) is 0 Å². The maximum atomic E-state index is 13.4. The Morgan fingerprint density at radius 1 is 1.21 bits per heavy atom. The van der Waals surface area contributed by atoms with Gasteiger partial charge in [-0.15, -0.1) is 0 Å². The molecule has 1 unspecified atom stereocenters. The summed E-state index contributed by atoms with van der Waals surface area (Å²) in [4.78, 5) is 45.9. The minimum Gasteiger partial charge on any atom is -0.508 e. The van der Waals surface area contributed by atoms with Crippen molar-refractivity contribution in [3.05, 3.63) is 62.6 Å². The van der Waals surface area contributed by atoms with Crippen LogP contribution in [0.4, 0.5) is 0 Å². The van der Waals surface area contributed by atoms with E-state index in [4.69, 9.17) is 5.73 Å². The van der Waals surface area contributed by atoms with Gasteiger partial charge < -0.3 is 20.7 Å². The summed E-state index contributed by atoms with van der Waals surface area (Å²) in [6.07, 6.45) is 6.42. The molecular weight excluding hydrogens is 480 g/mol. The molecule has 0 bridgehead atoms. The lowest BCUT2D eigenvalue weighted by Gasteiger charge is -2.49. The molecule has 1 aromatic carbocycles. The van der Waals surface area contributed by atoms with E-state index in [1.54, 1.807) is 12.1 Å². The number of rotatable bonds is 5. The van der Waals surface area contributed by atoms with Crippen LogP contribution in [0.1, 0.15) is 64.8 Å². The van der Waals surface area contributed by atoms with Gasteiger partial charge in [0.15, 0.2) is 0 Å². The first-order valence-corrected chi connectivity index (χ1v) is 14.1. The van der Waals surface area contributed by atoms with Crippen LogP contribution in [0.25, 0.3) is 0 Å². The Balaban J connectivity index is 1.29. The fourth-order valence-electron chi connectivity index (χ4n) is 8.43. The van der Waals surface area contributed by atoms with Gasteiger partial charge in [0.05, 0.1) is 0 Å². The number of carbonyl (C=O) groups is 2. The first-order chi connectivity index (χ1) is 18.2. The molecule has 4 fully saturated rings. The van der Waals surface area contributed by atoms with Crippen LogP contribution in [0.3, 0.4) is 0 Å². The molecule has 2 saturated heterocycles. The van der Waals surface area contributed by atoms with Crippen LogP contribution in [0.15, 0.2) is 29.1 Å². The zero-order valence-corrected chi connectivity index (χ0v) is 21.9. The molecule has 5 atom stereocenters. The van der Waals surface area contributed by atoms with Gasteiger partial charge in [-0.05, 0) is 105 Å². The molecule has 7 rings (SSSR count). The molecular formula is C30H36N4O4. The van der Waals surface area contributed by atoms with E-state index in [9.17, 15) is 19.5 Å².